The third-order valence-corrected chi connectivity index (χ3v) is 2.37. The quantitative estimate of drug-likeness (QED) is 0.750. The van der Waals surface area contributed by atoms with Gasteiger partial charge in [-0.05, 0) is 12.1 Å². The van der Waals surface area contributed by atoms with Crippen molar-refractivity contribution in [1.82, 2.24) is 9.97 Å². The average molecular weight is 228 g/mol. The first-order chi connectivity index (χ1) is 8.31. The third kappa shape index (κ3) is 2.66. The zero-order valence-corrected chi connectivity index (χ0v) is 9.46. The Balaban J connectivity index is 2.20. The van der Waals surface area contributed by atoms with Gasteiger partial charge in [-0.3, -0.25) is 14.8 Å². The van der Waals surface area contributed by atoms with Crippen LogP contribution in [0.1, 0.15) is 16.1 Å². The van der Waals surface area contributed by atoms with E-state index < -0.39 is 0 Å². The van der Waals surface area contributed by atoms with Crippen LogP contribution in [0.25, 0.3) is 0 Å². The minimum atomic E-state index is -0.0250. The maximum atomic E-state index is 12.0. The van der Waals surface area contributed by atoms with Crippen LogP contribution in [-0.2, 0) is 6.42 Å². The molecule has 0 saturated carbocycles. The smallest absolute Gasteiger partial charge is 0.172 e. The number of aromatic nitrogens is 2. The van der Waals surface area contributed by atoms with E-state index in [-0.39, 0.29) is 12.2 Å². The Kier molecular flexibility index (Phi) is 3.45. The van der Waals surface area contributed by atoms with Crippen LogP contribution in [0.3, 0.4) is 0 Å². The van der Waals surface area contributed by atoms with E-state index >= 15 is 0 Å². The molecule has 0 bridgehead atoms. The number of ether oxygens (including phenoxy) is 1. The zero-order chi connectivity index (χ0) is 12.1. The van der Waals surface area contributed by atoms with E-state index in [0.717, 1.165) is 0 Å². The minimum absolute atomic E-state index is 0.0250. The summed E-state index contributed by atoms with van der Waals surface area (Å²) < 4.78 is 5.15. The first-order valence-electron chi connectivity index (χ1n) is 5.22. The highest BCUT2D eigenvalue weighted by Crippen LogP contribution is 2.18. The Morgan fingerprint density at radius 3 is 2.82 bits per heavy atom. The van der Waals surface area contributed by atoms with Crippen molar-refractivity contribution in [2.45, 2.75) is 6.42 Å². The molecule has 0 N–H and O–H groups in total. The largest absolute Gasteiger partial charge is 0.496 e. The lowest BCUT2D eigenvalue weighted by Gasteiger charge is -2.06. The first-order valence-corrected chi connectivity index (χ1v) is 5.22. The summed E-state index contributed by atoms with van der Waals surface area (Å²) in [6.45, 7) is 0. The Hall–Kier alpha value is -2.23. The van der Waals surface area contributed by atoms with E-state index in [1.807, 2.05) is 12.1 Å². The van der Waals surface area contributed by atoms with Crippen LogP contribution in [0.2, 0.25) is 0 Å². The molecular weight excluding hydrogens is 216 g/mol. The molecular formula is C13H12N2O2. The SMILES string of the molecule is COc1ccccc1C(=O)Cc1cnccn1. The minimum Gasteiger partial charge on any atom is -0.496 e. The lowest BCUT2D eigenvalue weighted by Crippen LogP contribution is -2.07. The number of carbonyl (C=O) groups is 1. The van der Waals surface area contributed by atoms with Gasteiger partial charge in [0.25, 0.3) is 0 Å². The lowest BCUT2D eigenvalue weighted by atomic mass is 10.1. The van der Waals surface area contributed by atoms with Crippen LogP contribution in [0.4, 0.5) is 0 Å². The predicted molar refractivity (Wildman–Crippen MR) is 63.1 cm³/mol. The van der Waals surface area contributed by atoms with E-state index in [1.165, 1.54) is 0 Å². The van der Waals surface area contributed by atoms with Crippen LogP contribution in [0, 0.1) is 0 Å². The summed E-state index contributed by atoms with van der Waals surface area (Å²) in [5.74, 6) is 0.560. The number of hydrogen-bond acceptors (Lipinski definition) is 4. The van der Waals surface area contributed by atoms with E-state index in [0.29, 0.717) is 17.0 Å². The Morgan fingerprint density at radius 1 is 1.29 bits per heavy atom. The number of nitrogens with zero attached hydrogens (tertiary/aromatic N) is 2. The van der Waals surface area contributed by atoms with Crippen molar-refractivity contribution in [2.75, 3.05) is 7.11 Å². The summed E-state index contributed by atoms with van der Waals surface area (Å²) in [5, 5.41) is 0. The second-order valence-corrected chi connectivity index (χ2v) is 3.50. The predicted octanol–water partition coefficient (Wildman–Crippen LogP) is 1.91. The molecule has 86 valence electrons. The highest BCUT2D eigenvalue weighted by Gasteiger charge is 2.12. The first kappa shape index (κ1) is 11.3. The van der Waals surface area contributed by atoms with Gasteiger partial charge in [0.15, 0.2) is 5.78 Å². The number of benzene rings is 1. The van der Waals surface area contributed by atoms with E-state index in [4.69, 9.17) is 4.74 Å². The standard InChI is InChI=1S/C13H12N2O2/c1-17-13-5-3-2-4-11(13)12(16)8-10-9-14-6-7-15-10/h2-7,9H,8H2,1H3. The Labute approximate surface area is 99.3 Å². The van der Waals surface area contributed by atoms with Crippen LogP contribution in [0.15, 0.2) is 42.9 Å². The van der Waals surface area contributed by atoms with Crippen LogP contribution in [0.5, 0.6) is 5.75 Å². The Morgan fingerprint density at radius 2 is 2.12 bits per heavy atom. The number of Topliss-reactive ketones (excluding diaryl/α,β-unsaturated/α-hetero) is 1. The summed E-state index contributed by atoms with van der Waals surface area (Å²) >= 11 is 0. The van der Waals surface area contributed by atoms with E-state index in [2.05, 4.69) is 9.97 Å². The van der Waals surface area contributed by atoms with Crippen LogP contribution in [-0.4, -0.2) is 22.9 Å². The number of methoxy groups -OCH3 is 1. The number of ketones is 1. The van der Waals surface area contributed by atoms with Gasteiger partial charge in [0.1, 0.15) is 5.75 Å². The normalized spacial score (nSPS) is 9.94. The number of para-hydroxylation sites is 1. The monoisotopic (exact) mass is 228 g/mol. The van der Waals surface area contributed by atoms with Gasteiger partial charge in [0, 0.05) is 18.6 Å². The average Bonchev–Trinajstić information content (AvgIpc) is 2.40. The number of rotatable bonds is 4. The fourth-order valence-corrected chi connectivity index (χ4v) is 1.56. The molecule has 2 rings (SSSR count). The van der Waals surface area contributed by atoms with Gasteiger partial charge in [-0.15, -0.1) is 0 Å². The highest BCUT2D eigenvalue weighted by molar-refractivity contribution is 5.99. The van der Waals surface area contributed by atoms with Crippen molar-refractivity contribution in [2.24, 2.45) is 0 Å². The maximum Gasteiger partial charge on any atom is 0.172 e. The molecule has 0 saturated heterocycles. The van der Waals surface area contributed by atoms with Gasteiger partial charge in [-0.25, -0.2) is 0 Å². The fraction of sp³-hybridized carbons (Fsp3) is 0.154. The summed E-state index contributed by atoms with van der Waals surface area (Å²) in [6, 6.07) is 7.16. The second-order valence-electron chi connectivity index (χ2n) is 3.50. The van der Waals surface area contributed by atoms with Gasteiger partial charge in [-0.2, -0.15) is 0 Å². The summed E-state index contributed by atoms with van der Waals surface area (Å²) in [7, 11) is 1.55. The molecule has 0 spiro atoms. The van der Waals surface area contributed by atoms with Gasteiger partial charge in [0.05, 0.1) is 24.8 Å². The molecule has 0 unspecified atom stereocenters. The summed E-state index contributed by atoms with van der Waals surface area (Å²) in [5.41, 5.74) is 1.23. The van der Waals surface area contributed by atoms with E-state index in [9.17, 15) is 4.79 Å². The molecule has 0 fully saturated rings. The molecule has 4 nitrogen and oxygen atoms in total. The van der Waals surface area contributed by atoms with Gasteiger partial charge in [0.2, 0.25) is 0 Å². The van der Waals surface area contributed by atoms with Crippen LogP contribution < -0.4 is 4.74 Å². The molecule has 0 atom stereocenters. The fourth-order valence-electron chi connectivity index (χ4n) is 1.56. The van der Waals surface area contributed by atoms with Gasteiger partial charge >= 0.3 is 0 Å². The molecule has 1 aromatic heterocycles. The molecule has 1 aromatic carbocycles. The second kappa shape index (κ2) is 5.21. The Bertz CT molecular complexity index is 512. The molecule has 0 aliphatic rings. The van der Waals surface area contributed by atoms with Crippen molar-refractivity contribution < 1.29 is 9.53 Å². The zero-order valence-electron chi connectivity index (χ0n) is 9.46. The van der Waals surface area contributed by atoms with Crippen molar-refractivity contribution in [3.63, 3.8) is 0 Å². The molecule has 1 heterocycles. The molecule has 0 aliphatic carbocycles. The maximum absolute atomic E-state index is 12.0. The van der Waals surface area contributed by atoms with Crippen molar-refractivity contribution in [1.29, 1.82) is 0 Å². The molecule has 0 amide bonds. The molecule has 0 radical (unpaired) electrons. The molecule has 0 aliphatic heterocycles. The summed E-state index contributed by atoms with van der Waals surface area (Å²) in [4.78, 5) is 20.0. The highest BCUT2D eigenvalue weighted by atomic mass is 16.5. The van der Waals surface area contributed by atoms with Gasteiger partial charge < -0.3 is 4.74 Å². The molecule has 17 heavy (non-hydrogen) atoms. The van der Waals surface area contributed by atoms with Crippen molar-refractivity contribution in [3.8, 4) is 5.75 Å². The number of carbonyl (C=O) groups excluding carboxylic acids is 1. The summed E-state index contributed by atoms with van der Waals surface area (Å²) in [6.07, 6.45) is 4.98. The van der Waals surface area contributed by atoms with E-state index in [1.54, 1.807) is 37.8 Å². The molecule has 4 heteroatoms. The lowest BCUT2D eigenvalue weighted by molar-refractivity contribution is 0.0989. The topological polar surface area (TPSA) is 52.1 Å². The number of hydrogen-bond donors (Lipinski definition) is 0. The third-order valence-electron chi connectivity index (χ3n) is 2.37. The van der Waals surface area contributed by atoms with Crippen LogP contribution >= 0.6 is 0 Å². The van der Waals surface area contributed by atoms with Crippen molar-refractivity contribution in [3.05, 3.63) is 54.1 Å². The van der Waals surface area contributed by atoms with Crippen molar-refractivity contribution >= 4 is 5.78 Å². The van der Waals surface area contributed by atoms with Gasteiger partial charge in [-0.1, -0.05) is 12.1 Å². The molecule has 2 aromatic rings.